The third kappa shape index (κ3) is 4.10. The van der Waals surface area contributed by atoms with Gasteiger partial charge < -0.3 is 15.4 Å². The first-order chi connectivity index (χ1) is 11.5. The molecule has 0 saturated heterocycles. The first-order valence-corrected chi connectivity index (χ1v) is 8.52. The number of carbonyl (C=O) groups excluding carboxylic acids is 2. The Morgan fingerprint density at radius 2 is 1.96 bits per heavy atom. The van der Waals surface area contributed by atoms with Crippen LogP contribution in [0, 0.1) is 11.7 Å². The average Bonchev–Trinajstić information content (AvgIpc) is 2.91. The van der Waals surface area contributed by atoms with Crippen LogP contribution in [0.4, 0.5) is 4.39 Å². The van der Waals surface area contributed by atoms with Crippen molar-refractivity contribution in [2.45, 2.75) is 20.5 Å². The second kappa shape index (κ2) is 8.21. The van der Waals surface area contributed by atoms with E-state index in [-0.39, 0.29) is 30.2 Å². The van der Waals surface area contributed by atoms with Crippen LogP contribution in [0.25, 0.3) is 10.1 Å². The zero-order valence-corrected chi connectivity index (χ0v) is 14.8. The molecule has 24 heavy (non-hydrogen) atoms. The van der Waals surface area contributed by atoms with Crippen molar-refractivity contribution in [3.05, 3.63) is 34.5 Å². The zero-order chi connectivity index (χ0) is 17.7. The van der Waals surface area contributed by atoms with E-state index in [2.05, 4.69) is 10.6 Å². The molecule has 5 nitrogen and oxygen atoms in total. The number of fused-ring (bicyclic) bond motifs is 1. The Bertz CT molecular complexity index is 743. The van der Waals surface area contributed by atoms with Crippen LogP contribution in [0.1, 0.15) is 29.1 Å². The van der Waals surface area contributed by atoms with Crippen molar-refractivity contribution in [1.29, 1.82) is 0 Å². The Balaban J connectivity index is 2.10. The maximum atomic E-state index is 14.1. The third-order valence-corrected chi connectivity index (χ3v) is 4.69. The number of thiophene rings is 1. The van der Waals surface area contributed by atoms with Gasteiger partial charge in [0, 0.05) is 41.8 Å². The molecule has 0 atom stereocenters. The molecule has 0 aliphatic carbocycles. The summed E-state index contributed by atoms with van der Waals surface area (Å²) in [5, 5.41) is 5.91. The van der Waals surface area contributed by atoms with Gasteiger partial charge in [-0.3, -0.25) is 9.59 Å². The van der Waals surface area contributed by atoms with Gasteiger partial charge in [-0.15, -0.1) is 11.3 Å². The quantitative estimate of drug-likeness (QED) is 0.753. The van der Waals surface area contributed by atoms with E-state index in [0.717, 1.165) is 0 Å². The summed E-state index contributed by atoms with van der Waals surface area (Å²) < 4.78 is 19.9. The highest BCUT2D eigenvalue weighted by molar-refractivity contribution is 7.21. The second-order valence-electron chi connectivity index (χ2n) is 5.66. The molecule has 2 aromatic rings. The van der Waals surface area contributed by atoms with E-state index in [9.17, 15) is 14.0 Å². The zero-order valence-electron chi connectivity index (χ0n) is 13.9. The van der Waals surface area contributed by atoms with Crippen LogP contribution in [0.2, 0.25) is 0 Å². The molecule has 0 bridgehead atoms. The van der Waals surface area contributed by atoms with Crippen molar-refractivity contribution in [2.75, 3.05) is 20.2 Å². The highest BCUT2D eigenvalue weighted by Gasteiger charge is 2.20. The van der Waals surface area contributed by atoms with Crippen LogP contribution in [-0.4, -0.2) is 32.0 Å². The van der Waals surface area contributed by atoms with Gasteiger partial charge in [-0.2, -0.15) is 0 Å². The number of benzene rings is 1. The van der Waals surface area contributed by atoms with Crippen molar-refractivity contribution >= 4 is 33.2 Å². The van der Waals surface area contributed by atoms with Gasteiger partial charge in [0.25, 0.3) is 5.91 Å². The van der Waals surface area contributed by atoms with E-state index in [1.165, 1.54) is 24.5 Å². The third-order valence-electron chi connectivity index (χ3n) is 3.49. The van der Waals surface area contributed by atoms with Gasteiger partial charge in [0.15, 0.2) is 0 Å². The van der Waals surface area contributed by atoms with E-state index in [1.54, 1.807) is 26.0 Å². The predicted octanol–water partition coefficient (Wildman–Crippen LogP) is 2.69. The molecule has 0 fully saturated rings. The summed E-state index contributed by atoms with van der Waals surface area (Å²) in [4.78, 5) is 24.3. The molecule has 7 heteroatoms. The highest BCUT2D eigenvalue weighted by atomic mass is 32.1. The van der Waals surface area contributed by atoms with Crippen molar-refractivity contribution in [2.24, 2.45) is 5.92 Å². The lowest BCUT2D eigenvalue weighted by atomic mass is 10.1. The molecule has 0 radical (unpaired) electrons. The molecule has 1 aromatic heterocycles. The molecule has 2 N–H and O–H groups in total. The largest absolute Gasteiger partial charge is 0.380 e. The Morgan fingerprint density at radius 1 is 1.25 bits per heavy atom. The smallest absolute Gasteiger partial charge is 0.261 e. The number of methoxy groups -OCH3 is 1. The molecule has 0 aliphatic rings. The molecule has 0 aliphatic heterocycles. The molecule has 2 amide bonds. The summed E-state index contributed by atoms with van der Waals surface area (Å²) in [6, 6.07) is 4.77. The fourth-order valence-corrected chi connectivity index (χ4v) is 3.42. The first-order valence-electron chi connectivity index (χ1n) is 7.70. The van der Waals surface area contributed by atoms with E-state index in [1.807, 2.05) is 0 Å². The molecule has 1 aromatic carbocycles. The van der Waals surface area contributed by atoms with Gasteiger partial charge in [-0.1, -0.05) is 19.9 Å². The Hall–Kier alpha value is -1.99. The SMILES string of the molecule is COCc1c(C(=O)NCCNC(=O)C(C)C)sc2cccc(F)c12. The van der Waals surface area contributed by atoms with Gasteiger partial charge in [-0.05, 0) is 12.1 Å². The monoisotopic (exact) mass is 352 g/mol. The lowest BCUT2D eigenvalue weighted by molar-refractivity contribution is -0.123. The lowest BCUT2D eigenvalue weighted by Crippen LogP contribution is -2.36. The topological polar surface area (TPSA) is 67.4 Å². The highest BCUT2D eigenvalue weighted by Crippen LogP contribution is 2.33. The summed E-state index contributed by atoms with van der Waals surface area (Å²) in [6.45, 7) is 4.42. The lowest BCUT2D eigenvalue weighted by Gasteiger charge is -2.09. The van der Waals surface area contributed by atoms with E-state index in [0.29, 0.717) is 33.6 Å². The Kier molecular flexibility index (Phi) is 6.28. The van der Waals surface area contributed by atoms with Crippen molar-refractivity contribution in [3.8, 4) is 0 Å². The number of nitrogens with one attached hydrogen (secondary N) is 2. The minimum absolute atomic E-state index is 0.0618. The second-order valence-corrected chi connectivity index (χ2v) is 6.71. The molecule has 0 unspecified atom stereocenters. The van der Waals surface area contributed by atoms with E-state index < -0.39 is 0 Å². The summed E-state index contributed by atoms with van der Waals surface area (Å²) in [6.07, 6.45) is 0. The number of carbonyl (C=O) groups is 2. The number of halogens is 1. The van der Waals surface area contributed by atoms with Crippen LogP contribution in [0.3, 0.4) is 0 Å². The molecule has 0 saturated carbocycles. The van der Waals surface area contributed by atoms with Crippen LogP contribution < -0.4 is 10.6 Å². The molecule has 130 valence electrons. The van der Waals surface area contributed by atoms with Crippen molar-refractivity contribution < 1.29 is 18.7 Å². The van der Waals surface area contributed by atoms with E-state index >= 15 is 0 Å². The van der Waals surface area contributed by atoms with Gasteiger partial charge in [0.2, 0.25) is 5.91 Å². The Morgan fingerprint density at radius 3 is 2.62 bits per heavy atom. The number of hydrogen-bond acceptors (Lipinski definition) is 4. The summed E-state index contributed by atoms with van der Waals surface area (Å²) in [7, 11) is 1.51. The van der Waals surface area contributed by atoms with Crippen LogP contribution in [0.15, 0.2) is 18.2 Å². The fourth-order valence-electron chi connectivity index (χ4n) is 2.28. The van der Waals surface area contributed by atoms with Gasteiger partial charge >= 0.3 is 0 Å². The summed E-state index contributed by atoms with van der Waals surface area (Å²) in [5.41, 5.74) is 0.555. The molecule has 0 spiro atoms. The van der Waals surface area contributed by atoms with Crippen LogP contribution in [-0.2, 0) is 16.1 Å². The van der Waals surface area contributed by atoms with Gasteiger partial charge in [0.05, 0.1) is 11.5 Å². The maximum absolute atomic E-state index is 14.1. The molecule has 2 rings (SSSR count). The average molecular weight is 352 g/mol. The van der Waals surface area contributed by atoms with Crippen molar-refractivity contribution in [1.82, 2.24) is 10.6 Å². The van der Waals surface area contributed by atoms with Crippen LogP contribution in [0.5, 0.6) is 0 Å². The fraction of sp³-hybridized carbons (Fsp3) is 0.412. The van der Waals surface area contributed by atoms with Crippen LogP contribution >= 0.6 is 11.3 Å². The molecular weight excluding hydrogens is 331 g/mol. The minimum atomic E-state index is -0.362. The van der Waals surface area contributed by atoms with Gasteiger partial charge in [-0.25, -0.2) is 4.39 Å². The first kappa shape index (κ1) is 18.4. The maximum Gasteiger partial charge on any atom is 0.261 e. The van der Waals surface area contributed by atoms with Gasteiger partial charge in [0.1, 0.15) is 5.82 Å². The predicted molar refractivity (Wildman–Crippen MR) is 92.7 cm³/mol. The number of hydrogen-bond donors (Lipinski definition) is 2. The summed E-state index contributed by atoms with van der Waals surface area (Å²) >= 11 is 1.24. The Labute approximate surface area is 144 Å². The molecule has 1 heterocycles. The molecular formula is C17H21FN2O3S. The number of ether oxygens (including phenoxy) is 1. The normalized spacial score (nSPS) is 11.0. The minimum Gasteiger partial charge on any atom is -0.380 e. The van der Waals surface area contributed by atoms with Crippen molar-refractivity contribution in [3.63, 3.8) is 0 Å². The number of rotatable bonds is 7. The number of amides is 2. The summed E-state index contributed by atoms with van der Waals surface area (Å²) in [5.74, 6) is -0.812. The van der Waals surface area contributed by atoms with E-state index in [4.69, 9.17) is 4.74 Å². The standard InChI is InChI=1S/C17H21FN2O3S/c1-10(2)16(21)19-7-8-20-17(22)15-11(9-23-3)14-12(18)5-4-6-13(14)24-15/h4-6,10H,7-9H2,1-3H3,(H,19,21)(H,20,22).